The van der Waals surface area contributed by atoms with E-state index in [1.54, 1.807) is 19.1 Å². The van der Waals surface area contributed by atoms with Crippen molar-refractivity contribution in [1.29, 1.82) is 0 Å². The molecule has 0 N–H and O–H groups in total. The van der Waals surface area contributed by atoms with Crippen molar-refractivity contribution in [2.45, 2.75) is 31.6 Å². The summed E-state index contributed by atoms with van der Waals surface area (Å²) in [6, 6.07) is 4.81. The molecule has 2 heterocycles. The molecule has 0 bridgehead atoms. The van der Waals surface area contributed by atoms with Crippen LogP contribution in [0, 0.1) is 5.82 Å². The maximum atomic E-state index is 13.7. The van der Waals surface area contributed by atoms with Crippen molar-refractivity contribution in [1.82, 2.24) is 4.90 Å². The first kappa shape index (κ1) is 16.2. The zero-order valence-corrected chi connectivity index (χ0v) is 13.6. The minimum absolute atomic E-state index is 0.0432. The number of ether oxygens (including phenoxy) is 2. The van der Waals surface area contributed by atoms with Crippen LogP contribution in [0.3, 0.4) is 0 Å². The molecule has 2 aliphatic rings. The smallest absolute Gasteiger partial charge is 0.254 e. The monoisotopic (exact) mass is 322 g/mol. The van der Waals surface area contributed by atoms with Crippen molar-refractivity contribution < 1.29 is 18.7 Å². The van der Waals surface area contributed by atoms with E-state index in [9.17, 15) is 9.18 Å². The van der Waals surface area contributed by atoms with Gasteiger partial charge in [0.15, 0.2) is 6.10 Å². The fourth-order valence-electron chi connectivity index (χ4n) is 3.09. The van der Waals surface area contributed by atoms with Gasteiger partial charge in [-0.05, 0) is 36.6 Å². The Labute approximate surface area is 136 Å². The molecular formula is C17H23FN2O3. The van der Waals surface area contributed by atoms with Gasteiger partial charge in [-0.1, -0.05) is 0 Å². The van der Waals surface area contributed by atoms with Gasteiger partial charge in [0.1, 0.15) is 5.82 Å². The highest BCUT2D eigenvalue weighted by atomic mass is 19.1. The molecule has 0 saturated carbocycles. The van der Waals surface area contributed by atoms with E-state index in [1.165, 1.54) is 12.1 Å². The average molecular weight is 322 g/mol. The Morgan fingerprint density at radius 2 is 2.13 bits per heavy atom. The summed E-state index contributed by atoms with van der Waals surface area (Å²) in [5, 5.41) is 0. The van der Waals surface area contributed by atoms with Gasteiger partial charge in [-0.2, -0.15) is 0 Å². The Bertz CT molecular complexity index is 569. The maximum Gasteiger partial charge on any atom is 0.254 e. The zero-order chi connectivity index (χ0) is 16.4. The van der Waals surface area contributed by atoms with E-state index in [0.29, 0.717) is 19.3 Å². The first-order chi connectivity index (χ1) is 11.1. The number of hydrogen-bond donors (Lipinski definition) is 0. The van der Waals surface area contributed by atoms with Crippen LogP contribution >= 0.6 is 0 Å². The Morgan fingerprint density at radius 3 is 2.74 bits per heavy atom. The summed E-state index contributed by atoms with van der Waals surface area (Å²) < 4.78 is 24.1. The Balaban J connectivity index is 1.73. The van der Waals surface area contributed by atoms with Crippen LogP contribution in [-0.2, 0) is 20.8 Å². The SMILES string of the molecule is COC1CCN(c2ccc(F)cc2CN(C)C(=O)C2CO2)CC1. The number of rotatable bonds is 5. The molecule has 0 spiro atoms. The first-order valence-corrected chi connectivity index (χ1v) is 8.01. The van der Waals surface area contributed by atoms with Crippen molar-refractivity contribution in [2.75, 3.05) is 38.8 Å². The quantitative estimate of drug-likeness (QED) is 0.776. The van der Waals surface area contributed by atoms with Crippen LogP contribution < -0.4 is 4.90 Å². The van der Waals surface area contributed by atoms with Crippen LogP contribution in [0.5, 0.6) is 0 Å². The molecule has 5 nitrogen and oxygen atoms in total. The molecule has 6 heteroatoms. The van der Waals surface area contributed by atoms with Crippen LogP contribution in [0.4, 0.5) is 10.1 Å². The van der Waals surface area contributed by atoms with E-state index in [2.05, 4.69) is 4.90 Å². The van der Waals surface area contributed by atoms with E-state index in [4.69, 9.17) is 9.47 Å². The largest absolute Gasteiger partial charge is 0.381 e. The van der Waals surface area contributed by atoms with Crippen molar-refractivity contribution in [2.24, 2.45) is 0 Å². The van der Waals surface area contributed by atoms with Gasteiger partial charge in [0.25, 0.3) is 5.91 Å². The molecule has 2 aliphatic heterocycles. The number of anilines is 1. The Kier molecular flexibility index (Phi) is 4.82. The second kappa shape index (κ2) is 6.84. The number of amides is 1. The van der Waals surface area contributed by atoms with Crippen LogP contribution in [0.25, 0.3) is 0 Å². The van der Waals surface area contributed by atoms with Gasteiger partial charge in [-0.15, -0.1) is 0 Å². The number of nitrogens with zero attached hydrogens (tertiary/aromatic N) is 2. The van der Waals surface area contributed by atoms with Gasteiger partial charge in [0, 0.05) is 39.5 Å². The minimum atomic E-state index is -0.311. The van der Waals surface area contributed by atoms with E-state index in [-0.39, 0.29) is 17.8 Å². The molecule has 1 unspecified atom stereocenters. The number of epoxide rings is 1. The summed E-state index contributed by atoms with van der Waals surface area (Å²) >= 11 is 0. The molecule has 1 aromatic rings. The summed E-state index contributed by atoms with van der Waals surface area (Å²) in [6.45, 7) is 2.63. The Hall–Kier alpha value is -1.66. The van der Waals surface area contributed by atoms with Gasteiger partial charge in [0.2, 0.25) is 0 Å². The van der Waals surface area contributed by atoms with Crippen LogP contribution in [0.15, 0.2) is 18.2 Å². The second-order valence-electron chi connectivity index (χ2n) is 6.21. The number of halogens is 1. The third-order valence-electron chi connectivity index (χ3n) is 4.55. The molecule has 1 amide bonds. The molecule has 0 aromatic heterocycles. The third-order valence-corrected chi connectivity index (χ3v) is 4.55. The molecule has 23 heavy (non-hydrogen) atoms. The number of methoxy groups -OCH3 is 1. The highest BCUT2D eigenvalue weighted by molar-refractivity contribution is 5.82. The van der Waals surface area contributed by atoms with E-state index in [0.717, 1.165) is 37.2 Å². The molecule has 0 aliphatic carbocycles. The van der Waals surface area contributed by atoms with Gasteiger partial charge < -0.3 is 19.3 Å². The molecular weight excluding hydrogens is 299 g/mol. The lowest BCUT2D eigenvalue weighted by molar-refractivity contribution is -0.131. The van der Waals surface area contributed by atoms with Crippen LogP contribution in [0.2, 0.25) is 0 Å². The number of piperidine rings is 1. The minimum Gasteiger partial charge on any atom is -0.381 e. The summed E-state index contributed by atoms with van der Waals surface area (Å²) in [6.07, 6.45) is 1.90. The average Bonchev–Trinajstić information content (AvgIpc) is 3.39. The lowest BCUT2D eigenvalue weighted by atomic mass is 10.0. The molecule has 1 atom stereocenters. The molecule has 126 valence electrons. The predicted molar refractivity (Wildman–Crippen MR) is 84.9 cm³/mol. The van der Waals surface area contributed by atoms with E-state index < -0.39 is 0 Å². The van der Waals surface area contributed by atoms with Crippen LogP contribution in [-0.4, -0.2) is 56.9 Å². The van der Waals surface area contributed by atoms with Crippen molar-refractivity contribution in [3.8, 4) is 0 Å². The summed E-state index contributed by atoms with van der Waals surface area (Å²) in [4.78, 5) is 15.9. The molecule has 2 saturated heterocycles. The third kappa shape index (κ3) is 3.82. The predicted octanol–water partition coefficient (Wildman–Crippen LogP) is 1.80. The lowest BCUT2D eigenvalue weighted by Crippen LogP contribution is -2.38. The number of carbonyl (C=O) groups excluding carboxylic acids is 1. The van der Waals surface area contributed by atoms with E-state index >= 15 is 0 Å². The first-order valence-electron chi connectivity index (χ1n) is 8.01. The maximum absolute atomic E-state index is 13.7. The summed E-state index contributed by atoms with van der Waals surface area (Å²) in [5.74, 6) is -0.322. The number of carbonyl (C=O) groups is 1. The number of likely N-dealkylation sites (N-methyl/N-ethyl adjacent to an activating group) is 1. The lowest BCUT2D eigenvalue weighted by Gasteiger charge is -2.34. The number of benzene rings is 1. The second-order valence-corrected chi connectivity index (χ2v) is 6.21. The molecule has 3 rings (SSSR count). The fourth-order valence-corrected chi connectivity index (χ4v) is 3.09. The highest BCUT2D eigenvalue weighted by Crippen LogP contribution is 2.27. The van der Waals surface area contributed by atoms with Gasteiger partial charge in [-0.3, -0.25) is 4.79 Å². The van der Waals surface area contributed by atoms with Crippen molar-refractivity contribution in [3.63, 3.8) is 0 Å². The normalized spacial score (nSPS) is 21.3. The van der Waals surface area contributed by atoms with E-state index in [1.807, 2.05) is 6.07 Å². The van der Waals surface area contributed by atoms with Gasteiger partial charge in [0.05, 0.1) is 12.7 Å². The highest BCUT2D eigenvalue weighted by Gasteiger charge is 2.34. The molecule has 2 fully saturated rings. The zero-order valence-electron chi connectivity index (χ0n) is 13.6. The standard InChI is InChI=1S/C17H23FN2O3/c1-19(17(21)16-11-23-16)10-12-9-13(18)3-4-15(12)20-7-5-14(22-2)6-8-20/h3-4,9,14,16H,5-8,10-11H2,1-2H3. The summed E-state index contributed by atoms with van der Waals surface area (Å²) in [7, 11) is 3.47. The number of hydrogen-bond acceptors (Lipinski definition) is 4. The molecule has 1 aromatic carbocycles. The fraction of sp³-hybridized carbons (Fsp3) is 0.588. The summed E-state index contributed by atoms with van der Waals surface area (Å²) in [5.41, 5.74) is 1.83. The van der Waals surface area contributed by atoms with Gasteiger partial charge in [-0.25, -0.2) is 4.39 Å². The Morgan fingerprint density at radius 1 is 1.43 bits per heavy atom. The molecule has 0 radical (unpaired) electrons. The van der Waals surface area contributed by atoms with Crippen molar-refractivity contribution in [3.05, 3.63) is 29.6 Å². The topological polar surface area (TPSA) is 45.3 Å². The van der Waals surface area contributed by atoms with Crippen molar-refractivity contribution >= 4 is 11.6 Å². The van der Waals surface area contributed by atoms with Crippen LogP contribution in [0.1, 0.15) is 18.4 Å². The van der Waals surface area contributed by atoms with Gasteiger partial charge >= 0.3 is 0 Å².